The number of benzene rings is 1. The van der Waals surface area contributed by atoms with Crippen LogP contribution in [0.1, 0.15) is 39.1 Å². The predicted molar refractivity (Wildman–Crippen MR) is 94.6 cm³/mol. The van der Waals surface area contributed by atoms with Gasteiger partial charge in [0.1, 0.15) is 0 Å². The number of likely N-dealkylation sites (N-methyl/N-ethyl adjacent to an activating group) is 1. The Labute approximate surface area is 147 Å². The van der Waals surface area contributed by atoms with Crippen LogP contribution >= 0.6 is 12.4 Å². The van der Waals surface area contributed by atoms with Gasteiger partial charge in [0.2, 0.25) is 0 Å². The molecule has 0 aliphatic heterocycles. The molecule has 0 fully saturated rings. The average Bonchev–Trinajstić information content (AvgIpc) is 2.94. The predicted octanol–water partition coefficient (Wildman–Crippen LogP) is 3.51. The number of hydrogen-bond donors (Lipinski definition) is 1. The summed E-state index contributed by atoms with van der Waals surface area (Å²) in [7, 11) is 1.86. The summed E-state index contributed by atoms with van der Waals surface area (Å²) in [5, 5.41) is 18.4. The largest absolute Gasteiger partial charge is 0.334 e. The van der Waals surface area contributed by atoms with Gasteiger partial charge in [0, 0.05) is 29.7 Å². The monoisotopic (exact) mass is 354 g/mol. The van der Waals surface area contributed by atoms with Gasteiger partial charge in [-0.05, 0) is 25.5 Å². The van der Waals surface area contributed by atoms with Gasteiger partial charge < -0.3 is 9.84 Å². The Morgan fingerprint density at radius 3 is 2.58 bits per heavy atom. The van der Waals surface area contributed by atoms with Crippen LogP contribution < -0.4 is 5.32 Å². The van der Waals surface area contributed by atoms with Crippen LogP contribution in [0.5, 0.6) is 0 Å². The molecule has 2 aromatic rings. The minimum absolute atomic E-state index is 0. The maximum Gasteiger partial charge on any atom is 0.273 e. The van der Waals surface area contributed by atoms with Gasteiger partial charge in [-0.1, -0.05) is 32.0 Å². The number of halogens is 1. The van der Waals surface area contributed by atoms with E-state index in [0.29, 0.717) is 29.3 Å². The molecule has 7 nitrogen and oxygen atoms in total. The summed E-state index contributed by atoms with van der Waals surface area (Å²) in [4.78, 5) is 15.3. The fourth-order valence-corrected chi connectivity index (χ4v) is 2.28. The lowest BCUT2D eigenvalue weighted by molar-refractivity contribution is -0.385. The molecular formula is C16H23ClN4O3. The van der Waals surface area contributed by atoms with Crippen LogP contribution in [-0.4, -0.2) is 28.2 Å². The zero-order valence-corrected chi connectivity index (χ0v) is 15.3. The van der Waals surface area contributed by atoms with Gasteiger partial charge in [-0.2, -0.15) is 4.98 Å². The highest BCUT2D eigenvalue weighted by Crippen LogP contribution is 2.34. The van der Waals surface area contributed by atoms with Crippen LogP contribution in [0, 0.1) is 10.1 Å². The number of nitro benzene ring substituents is 1. The summed E-state index contributed by atoms with van der Waals surface area (Å²) < 4.78 is 5.24. The fraction of sp³-hybridized carbons (Fsp3) is 0.500. The Hall–Kier alpha value is -1.99. The van der Waals surface area contributed by atoms with E-state index in [9.17, 15) is 10.1 Å². The number of nitrogens with one attached hydrogen (secondary N) is 1. The second kappa shape index (κ2) is 7.72. The molecule has 0 saturated carbocycles. The topological polar surface area (TPSA) is 94.1 Å². The Bertz CT molecular complexity index is 710. The molecule has 0 aliphatic rings. The molecule has 1 N–H and O–H groups in total. The van der Waals surface area contributed by atoms with Crippen LogP contribution in [0.3, 0.4) is 0 Å². The second-order valence-electron chi connectivity index (χ2n) is 6.65. The molecule has 132 valence electrons. The third kappa shape index (κ3) is 4.52. The van der Waals surface area contributed by atoms with Crippen molar-refractivity contribution >= 4 is 18.1 Å². The summed E-state index contributed by atoms with van der Waals surface area (Å²) in [6.45, 7) is 7.84. The molecule has 0 saturated heterocycles. The van der Waals surface area contributed by atoms with Crippen LogP contribution in [-0.2, 0) is 11.8 Å². The van der Waals surface area contributed by atoms with E-state index >= 15 is 0 Å². The van der Waals surface area contributed by atoms with Gasteiger partial charge in [0.15, 0.2) is 5.82 Å². The number of nitrogens with zero attached hydrogens (tertiary/aromatic N) is 3. The van der Waals surface area contributed by atoms with Gasteiger partial charge in [0.25, 0.3) is 11.6 Å². The van der Waals surface area contributed by atoms with Crippen molar-refractivity contribution < 1.29 is 9.45 Å². The molecular weight excluding hydrogens is 332 g/mol. The maximum absolute atomic E-state index is 11.4. The van der Waals surface area contributed by atoms with Crippen LogP contribution in [0.2, 0.25) is 0 Å². The molecule has 2 rings (SSSR count). The van der Waals surface area contributed by atoms with Crippen molar-refractivity contribution in [3.05, 3.63) is 39.7 Å². The average molecular weight is 355 g/mol. The van der Waals surface area contributed by atoms with Gasteiger partial charge in [-0.15, -0.1) is 12.4 Å². The standard InChI is InChI=1S/C16H22N4O3.ClH/c1-10(17-5)8-14-18-15(23-19-14)11-6-7-12(16(2,3)4)13(9-11)20(21)22;/h6-7,9-10,17H,8H2,1-5H3;1H. The first-order valence-corrected chi connectivity index (χ1v) is 7.51. The van der Waals surface area contributed by atoms with Gasteiger partial charge in [-0.25, -0.2) is 0 Å². The number of hydrogen-bond acceptors (Lipinski definition) is 6. The lowest BCUT2D eigenvalue weighted by Gasteiger charge is -2.18. The summed E-state index contributed by atoms with van der Waals surface area (Å²) >= 11 is 0. The van der Waals surface area contributed by atoms with E-state index in [-0.39, 0.29) is 34.5 Å². The van der Waals surface area contributed by atoms with Crippen molar-refractivity contribution in [1.29, 1.82) is 0 Å². The highest BCUT2D eigenvalue weighted by Gasteiger charge is 2.26. The molecule has 0 aliphatic carbocycles. The lowest BCUT2D eigenvalue weighted by atomic mass is 9.85. The van der Waals surface area contributed by atoms with E-state index < -0.39 is 0 Å². The molecule has 1 atom stereocenters. The summed E-state index contributed by atoms with van der Waals surface area (Å²) in [5.74, 6) is 0.872. The van der Waals surface area contributed by atoms with E-state index in [0.717, 1.165) is 0 Å². The molecule has 8 heteroatoms. The van der Waals surface area contributed by atoms with Crippen LogP contribution in [0.15, 0.2) is 22.7 Å². The fourth-order valence-electron chi connectivity index (χ4n) is 2.28. The second-order valence-corrected chi connectivity index (χ2v) is 6.65. The van der Waals surface area contributed by atoms with Gasteiger partial charge in [0.05, 0.1) is 4.92 Å². The smallest absolute Gasteiger partial charge is 0.273 e. The van der Waals surface area contributed by atoms with E-state index in [1.54, 1.807) is 12.1 Å². The maximum atomic E-state index is 11.4. The highest BCUT2D eigenvalue weighted by molar-refractivity contribution is 5.85. The first-order valence-electron chi connectivity index (χ1n) is 7.51. The van der Waals surface area contributed by atoms with Gasteiger partial charge >= 0.3 is 0 Å². The summed E-state index contributed by atoms with van der Waals surface area (Å²) in [5.41, 5.74) is 0.983. The van der Waals surface area contributed by atoms with E-state index in [1.165, 1.54) is 6.07 Å². The molecule has 0 bridgehead atoms. The Kier molecular flexibility index (Phi) is 6.45. The van der Waals surface area contributed by atoms with Crippen molar-refractivity contribution in [3.63, 3.8) is 0 Å². The zero-order chi connectivity index (χ0) is 17.2. The third-order valence-corrected chi connectivity index (χ3v) is 3.70. The van der Waals surface area contributed by atoms with Crippen molar-refractivity contribution in [3.8, 4) is 11.5 Å². The molecule has 0 radical (unpaired) electrons. The van der Waals surface area contributed by atoms with Crippen molar-refractivity contribution in [1.82, 2.24) is 15.5 Å². The van der Waals surface area contributed by atoms with Crippen molar-refractivity contribution in [2.75, 3.05) is 7.05 Å². The minimum Gasteiger partial charge on any atom is -0.334 e. The normalized spacial score (nSPS) is 12.5. The zero-order valence-electron chi connectivity index (χ0n) is 14.5. The summed E-state index contributed by atoms with van der Waals surface area (Å²) in [6, 6.07) is 5.26. The molecule has 1 aromatic heterocycles. The summed E-state index contributed by atoms with van der Waals surface area (Å²) in [6.07, 6.45) is 0.627. The Morgan fingerprint density at radius 2 is 2.04 bits per heavy atom. The molecule has 0 amide bonds. The lowest BCUT2D eigenvalue weighted by Crippen LogP contribution is -2.24. The van der Waals surface area contributed by atoms with E-state index in [1.807, 2.05) is 34.7 Å². The molecule has 1 aromatic carbocycles. The van der Waals surface area contributed by atoms with Crippen LogP contribution in [0.25, 0.3) is 11.5 Å². The van der Waals surface area contributed by atoms with Crippen LogP contribution in [0.4, 0.5) is 5.69 Å². The molecule has 0 spiro atoms. The van der Waals surface area contributed by atoms with E-state index in [2.05, 4.69) is 15.5 Å². The first kappa shape index (κ1) is 20.1. The quantitative estimate of drug-likeness (QED) is 0.652. The van der Waals surface area contributed by atoms with Gasteiger partial charge in [-0.3, -0.25) is 10.1 Å². The number of nitro groups is 1. The molecule has 1 unspecified atom stereocenters. The Morgan fingerprint density at radius 1 is 1.38 bits per heavy atom. The minimum atomic E-state index is -0.371. The number of aromatic nitrogens is 2. The van der Waals surface area contributed by atoms with Crippen molar-refractivity contribution in [2.45, 2.75) is 45.6 Å². The molecule has 24 heavy (non-hydrogen) atoms. The van der Waals surface area contributed by atoms with E-state index in [4.69, 9.17) is 4.52 Å². The SMILES string of the molecule is CNC(C)Cc1noc(-c2ccc(C(C)(C)C)c([N+](=O)[O-])c2)n1.Cl. The van der Waals surface area contributed by atoms with Crippen molar-refractivity contribution in [2.24, 2.45) is 0 Å². The highest BCUT2D eigenvalue weighted by atomic mass is 35.5. The first-order chi connectivity index (χ1) is 10.7. The molecule has 1 heterocycles. The Balaban J connectivity index is 0.00000288. The number of rotatable bonds is 5. The third-order valence-electron chi connectivity index (χ3n) is 3.70.